The number of morpholine rings is 1. The number of rotatable bonds is 8. The van der Waals surface area contributed by atoms with Crippen molar-refractivity contribution in [3.8, 4) is 17.3 Å². The Morgan fingerprint density at radius 3 is 2.83 bits per heavy atom. The van der Waals surface area contributed by atoms with Gasteiger partial charge in [-0.25, -0.2) is 9.97 Å². The Morgan fingerprint density at radius 2 is 2.08 bits per heavy atom. The van der Waals surface area contributed by atoms with Crippen LogP contribution in [0.2, 0.25) is 0 Å². The van der Waals surface area contributed by atoms with Crippen LogP contribution in [0.1, 0.15) is 30.2 Å². The highest BCUT2D eigenvalue weighted by atomic mass is 16.5. The normalized spacial score (nSPS) is 19.5. The fourth-order valence-corrected chi connectivity index (χ4v) is 4.96. The van der Waals surface area contributed by atoms with Crippen molar-refractivity contribution in [1.29, 1.82) is 5.26 Å². The predicted octanol–water partition coefficient (Wildman–Crippen LogP) is 2.66. The average Bonchev–Trinajstić information content (AvgIpc) is 3.47. The van der Waals surface area contributed by atoms with Crippen molar-refractivity contribution in [2.24, 2.45) is 0 Å². The molecule has 1 atom stereocenters. The van der Waals surface area contributed by atoms with Crippen LogP contribution in [0.4, 0.5) is 17.5 Å². The first-order chi connectivity index (χ1) is 17.5. The maximum absolute atomic E-state index is 10.2. The van der Waals surface area contributed by atoms with Gasteiger partial charge in [0.15, 0.2) is 5.82 Å². The summed E-state index contributed by atoms with van der Waals surface area (Å²) in [6, 6.07) is 9.98. The Kier molecular flexibility index (Phi) is 6.87. The number of fused-ring (bicyclic) bond motifs is 1. The van der Waals surface area contributed by atoms with Crippen LogP contribution < -0.4 is 10.6 Å². The maximum Gasteiger partial charge on any atom is 0.228 e. The minimum Gasteiger partial charge on any atom is -0.395 e. The third kappa shape index (κ3) is 4.65. The lowest BCUT2D eigenvalue weighted by molar-refractivity contribution is 0.0359. The zero-order valence-electron chi connectivity index (χ0n) is 20.8. The van der Waals surface area contributed by atoms with E-state index in [-0.39, 0.29) is 6.61 Å². The lowest BCUT2D eigenvalue weighted by Gasteiger charge is -2.26. The maximum atomic E-state index is 10.2. The minimum atomic E-state index is -0.406. The lowest BCUT2D eigenvalue weighted by Crippen LogP contribution is -2.38. The monoisotopic (exact) mass is 488 g/mol. The summed E-state index contributed by atoms with van der Waals surface area (Å²) in [5.74, 6) is 1.12. The second-order valence-electron chi connectivity index (χ2n) is 9.44. The summed E-state index contributed by atoms with van der Waals surface area (Å²) in [7, 11) is 0. The van der Waals surface area contributed by atoms with E-state index in [0.29, 0.717) is 29.6 Å². The first-order valence-corrected chi connectivity index (χ1v) is 12.4. The van der Waals surface area contributed by atoms with Crippen molar-refractivity contribution in [2.45, 2.75) is 32.2 Å². The van der Waals surface area contributed by atoms with Crippen LogP contribution in [0, 0.1) is 18.3 Å². The molecule has 2 aliphatic heterocycles. The van der Waals surface area contributed by atoms with Gasteiger partial charge in [0, 0.05) is 55.1 Å². The summed E-state index contributed by atoms with van der Waals surface area (Å²) >= 11 is 0. The van der Waals surface area contributed by atoms with E-state index in [9.17, 15) is 10.4 Å². The standard InChI is InChI=1S/C26H32N8O2/c1-3-26(17-35)16-29-24-20(15-27)13-19(14-21(24)26)22-4-5-28-25(30-22)31-23-12-18(2)34(32-23)7-6-33-8-10-36-11-9-33/h4-5,12-14,29,35H,3,6-11,16-17H2,1-2H3,(H,28,30,31,32). The number of nitrogens with one attached hydrogen (secondary N) is 2. The zero-order valence-corrected chi connectivity index (χ0v) is 20.8. The Labute approximate surface area is 210 Å². The molecule has 0 saturated carbocycles. The summed E-state index contributed by atoms with van der Waals surface area (Å²) in [5.41, 5.74) is 4.49. The zero-order chi connectivity index (χ0) is 25.1. The van der Waals surface area contributed by atoms with Gasteiger partial charge >= 0.3 is 0 Å². The van der Waals surface area contributed by atoms with Gasteiger partial charge in [-0.05, 0) is 37.1 Å². The van der Waals surface area contributed by atoms with Crippen LogP contribution in [-0.4, -0.2) is 75.8 Å². The summed E-state index contributed by atoms with van der Waals surface area (Å²) < 4.78 is 7.42. The molecule has 2 aliphatic rings. The molecule has 0 bridgehead atoms. The van der Waals surface area contributed by atoms with E-state index in [1.807, 2.05) is 35.9 Å². The first kappa shape index (κ1) is 24.2. The van der Waals surface area contributed by atoms with Gasteiger partial charge in [0.1, 0.15) is 6.07 Å². The van der Waals surface area contributed by atoms with Crippen LogP contribution >= 0.6 is 0 Å². The Morgan fingerprint density at radius 1 is 1.25 bits per heavy atom. The van der Waals surface area contributed by atoms with E-state index in [4.69, 9.17) is 14.8 Å². The fourth-order valence-electron chi connectivity index (χ4n) is 4.96. The molecule has 0 amide bonds. The number of ether oxygens (including phenoxy) is 1. The number of aliphatic hydroxyl groups is 1. The van der Waals surface area contributed by atoms with Gasteiger partial charge < -0.3 is 20.5 Å². The van der Waals surface area contributed by atoms with E-state index in [1.54, 1.807) is 6.20 Å². The summed E-state index contributed by atoms with van der Waals surface area (Å²) in [6.07, 6.45) is 2.46. The highest BCUT2D eigenvalue weighted by molar-refractivity contribution is 5.76. The number of aliphatic hydroxyl groups excluding tert-OH is 1. The molecule has 3 N–H and O–H groups in total. The largest absolute Gasteiger partial charge is 0.395 e. The predicted molar refractivity (Wildman–Crippen MR) is 137 cm³/mol. The van der Waals surface area contributed by atoms with E-state index in [1.165, 1.54) is 0 Å². The molecule has 1 fully saturated rings. The number of anilines is 3. The van der Waals surface area contributed by atoms with Crippen LogP contribution in [0.15, 0.2) is 30.5 Å². The fraction of sp³-hybridized carbons (Fsp3) is 0.462. The van der Waals surface area contributed by atoms with Gasteiger partial charge in [-0.15, -0.1) is 0 Å². The van der Waals surface area contributed by atoms with E-state index in [2.05, 4.69) is 33.5 Å². The molecule has 188 valence electrons. The molecule has 0 radical (unpaired) electrons. The van der Waals surface area contributed by atoms with Crippen molar-refractivity contribution >= 4 is 17.5 Å². The molecule has 5 rings (SSSR count). The molecule has 1 aromatic carbocycles. The number of hydrogen-bond acceptors (Lipinski definition) is 9. The highest BCUT2D eigenvalue weighted by Crippen LogP contribution is 2.43. The van der Waals surface area contributed by atoms with Gasteiger partial charge in [-0.2, -0.15) is 10.4 Å². The van der Waals surface area contributed by atoms with Gasteiger partial charge in [0.2, 0.25) is 5.95 Å². The molecule has 0 aliphatic carbocycles. The summed E-state index contributed by atoms with van der Waals surface area (Å²) in [4.78, 5) is 11.5. The third-order valence-corrected chi connectivity index (χ3v) is 7.32. The van der Waals surface area contributed by atoms with Crippen molar-refractivity contribution in [3.63, 3.8) is 0 Å². The summed E-state index contributed by atoms with van der Waals surface area (Å²) in [6.45, 7) is 9.94. The molecule has 4 heterocycles. The van der Waals surface area contributed by atoms with Crippen LogP contribution in [-0.2, 0) is 16.7 Å². The molecule has 3 aromatic rings. The van der Waals surface area contributed by atoms with Crippen LogP contribution in [0.3, 0.4) is 0 Å². The molecule has 36 heavy (non-hydrogen) atoms. The van der Waals surface area contributed by atoms with E-state index in [0.717, 1.165) is 68.3 Å². The van der Waals surface area contributed by atoms with Crippen LogP contribution in [0.5, 0.6) is 0 Å². The lowest BCUT2D eigenvalue weighted by atomic mass is 9.79. The Hall–Kier alpha value is -3.52. The molecular formula is C26H32N8O2. The summed E-state index contributed by atoms with van der Waals surface area (Å²) in [5, 5.41) is 31.2. The molecular weight excluding hydrogens is 456 g/mol. The van der Waals surface area contributed by atoms with Crippen molar-refractivity contribution in [3.05, 3.63) is 47.3 Å². The number of aryl methyl sites for hydroxylation is 1. The van der Waals surface area contributed by atoms with Gasteiger partial charge in [-0.1, -0.05) is 6.92 Å². The first-order valence-electron chi connectivity index (χ1n) is 12.4. The molecule has 0 spiro atoms. The molecule has 10 heteroatoms. The quantitative estimate of drug-likeness (QED) is 0.439. The number of nitriles is 1. The van der Waals surface area contributed by atoms with Crippen molar-refractivity contribution < 1.29 is 9.84 Å². The van der Waals surface area contributed by atoms with Crippen LogP contribution in [0.25, 0.3) is 11.3 Å². The topological polar surface area (TPSA) is 124 Å². The molecule has 1 unspecified atom stereocenters. The van der Waals surface area contributed by atoms with Gasteiger partial charge in [0.25, 0.3) is 0 Å². The van der Waals surface area contributed by atoms with Gasteiger partial charge in [-0.3, -0.25) is 9.58 Å². The highest BCUT2D eigenvalue weighted by Gasteiger charge is 2.38. The number of aromatic nitrogens is 4. The second kappa shape index (κ2) is 10.2. The smallest absolute Gasteiger partial charge is 0.228 e. The Balaban J connectivity index is 1.36. The number of hydrogen-bond donors (Lipinski definition) is 3. The molecule has 1 saturated heterocycles. The number of nitrogens with zero attached hydrogens (tertiary/aromatic N) is 6. The molecule has 10 nitrogen and oxygen atoms in total. The number of benzene rings is 1. The SMILES string of the molecule is CCC1(CO)CNc2c(C#N)cc(-c3ccnc(Nc4cc(C)n(CCN5CCOCC5)n4)n3)cc21. The third-order valence-electron chi connectivity index (χ3n) is 7.32. The van der Waals surface area contributed by atoms with E-state index >= 15 is 0 Å². The minimum absolute atomic E-state index is 0.0158. The second-order valence-corrected chi connectivity index (χ2v) is 9.44. The molecule has 2 aromatic heterocycles. The van der Waals surface area contributed by atoms with Crippen molar-refractivity contribution in [2.75, 3.05) is 56.6 Å². The van der Waals surface area contributed by atoms with Crippen molar-refractivity contribution in [1.82, 2.24) is 24.6 Å². The van der Waals surface area contributed by atoms with E-state index < -0.39 is 5.41 Å². The van der Waals surface area contributed by atoms with Gasteiger partial charge in [0.05, 0.1) is 43.3 Å². The average molecular weight is 489 g/mol. The Bertz CT molecular complexity index is 1270.